The van der Waals surface area contributed by atoms with Crippen molar-refractivity contribution in [3.05, 3.63) is 90.4 Å². The largest absolute Gasteiger partial charge is 0.479 e. The van der Waals surface area contributed by atoms with Gasteiger partial charge in [0.1, 0.15) is 5.65 Å². The smallest absolute Gasteiger partial charge is 0.337 e. The highest BCUT2D eigenvalue weighted by Gasteiger charge is 2.33. The summed E-state index contributed by atoms with van der Waals surface area (Å²) in [6.45, 7) is 7.44. The number of ether oxygens (including phenoxy) is 1. The van der Waals surface area contributed by atoms with Crippen molar-refractivity contribution in [1.82, 2.24) is 24.3 Å². The number of carboxylic acids is 1. The Bertz CT molecular complexity index is 1970. The fourth-order valence-electron chi connectivity index (χ4n) is 5.63. The van der Waals surface area contributed by atoms with Gasteiger partial charge in [-0.3, -0.25) is 9.67 Å². The highest BCUT2D eigenvalue weighted by molar-refractivity contribution is 6.00. The summed E-state index contributed by atoms with van der Waals surface area (Å²) in [5, 5.41) is 16.6. The third-order valence-corrected chi connectivity index (χ3v) is 7.52. The zero-order valence-corrected chi connectivity index (χ0v) is 24.6. The van der Waals surface area contributed by atoms with Crippen molar-refractivity contribution in [3.8, 4) is 33.6 Å². The summed E-state index contributed by atoms with van der Waals surface area (Å²) in [7, 11) is 3.92. The number of nitrogens with zero attached hydrogens (tertiary/aromatic N) is 5. The number of hydrogen-bond acceptors (Lipinski definition) is 5. The molecular formula is C34H33N5O3. The summed E-state index contributed by atoms with van der Waals surface area (Å²) in [6, 6.07) is 22.2. The molecule has 42 heavy (non-hydrogen) atoms. The number of aromatic nitrogens is 5. The molecule has 0 radical (unpaired) electrons. The standard InChI is InChI=1S/C34H33N5O3/c1-20-29(31(33(40)41)42-34(2,3)4)30(21-10-8-7-9-11-21)25-18-28(38(5)32(25)37-20)23-14-15-35-26(17-23)22-12-13-27-24(16-22)19-36-39(27)6/h7-19,31H,1-6H3,(H,40,41)/t31-/m0/s1. The highest BCUT2D eigenvalue weighted by atomic mass is 16.5. The van der Waals surface area contributed by atoms with Crippen LogP contribution in [0.15, 0.2) is 79.1 Å². The van der Waals surface area contributed by atoms with Crippen molar-refractivity contribution in [2.75, 3.05) is 0 Å². The SMILES string of the molecule is Cc1nc2c(cc(-c3ccnc(-c4ccc5c(cnn5C)c4)c3)n2C)c(-c2ccccc2)c1[C@H](OC(C)(C)C)C(=O)O. The van der Waals surface area contributed by atoms with Gasteiger partial charge in [-0.25, -0.2) is 9.78 Å². The van der Waals surface area contributed by atoms with E-state index in [1.807, 2.05) is 95.3 Å². The number of aliphatic carboxylic acids is 1. The maximum Gasteiger partial charge on any atom is 0.337 e. The summed E-state index contributed by atoms with van der Waals surface area (Å²) in [6.07, 6.45) is 2.49. The molecule has 2 aromatic carbocycles. The molecule has 0 aliphatic carbocycles. The van der Waals surface area contributed by atoms with Crippen LogP contribution in [0.4, 0.5) is 0 Å². The fourth-order valence-corrected chi connectivity index (χ4v) is 5.63. The molecule has 0 unspecified atom stereocenters. The lowest BCUT2D eigenvalue weighted by Gasteiger charge is -2.27. The first kappa shape index (κ1) is 27.4. The van der Waals surface area contributed by atoms with Gasteiger partial charge < -0.3 is 14.4 Å². The van der Waals surface area contributed by atoms with Crippen LogP contribution in [0, 0.1) is 6.92 Å². The van der Waals surface area contributed by atoms with E-state index < -0.39 is 17.7 Å². The zero-order valence-electron chi connectivity index (χ0n) is 24.6. The van der Waals surface area contributed by atoms with E-state index in [-0.39, 0.29) is 0 Å². The van der Waals surface area contributed by atoms with Crippen molar-refractivity contribution in [2.24, 2.45) is 14.1 Å². The fraction of sp³-hybridized carbons (Fsp3) is 0.235. The average molecular weight is 560 g/mol. The van der Waals surface area contributed by atoms with Crippen LogP contribution in [-0.2, 0) is 23.6 Å². The van der Waals surface area contributed by atoms with Gasteiger partial charge in [-0.05, 0) is 63.6 Å². The molecule has 0 fully saturated rings. The Morgan fingerprint density at radius 1 is 0.952 bits per heavy atom. The summed E-state index contributed by atoms with van der Waals surface area (Å²) < 4.78 is 10.0. The Hall–Kier alpha value is -4.82. The lowest BCUT2D eigenvalue weighted by atomic mass is 9.92. The molecule has 0 saturated heterocycles. The van der Waals surface area contributed by atoms with Crippen LogP contribution in [0.1, 0.15) is 38.1 Å². The first-order valence-electron chi connectivity index (χ1n) is 13.9. The molecule has 0 bridgehead atoms. The van der Waals surface area contributed by atoms with E-state index in [4.69, 9.17) is 9.72 Å². The number of rotatable bonds is 6. The Labute approximate surface area is 244 Å². The summed E-state index contributed by atoms with van der Waals surface area (Å²) in [5.41, 5.74) is 7.82. The van der Waals surface area contributed by atoms with Gasteiger partial charge in [-0.2, -0.15) is 5.10 Å². The lowest BCUT2D eigenvalue weighted by molar-refractivity contribution is -0.160. The van der Waals surface area contributed by atoms with Crippen molar-refractivity contribution >= 4 is 27.9 Å². The maximum absolute atomic E-state index is 12.6. The predicted molar refractivity (Wildman–Crippen MR) is 165 cm³/mol. The van der Waals surface area contributed by atoms with Gasteiger partial charge in [-0.15, -0.1) is 0 Å². The van der Waals surface area contributed by atoms with Gasteiger partial charge in [0.05, 0.1) is 28.7 Å². The molecule has 0 aliphatic heterocycles. The van der Waals surface area contributed by atoms with E-state index in [1.54, 1.807) is 0 Å². The summed E-state index contributed by atoms with van der Waals surface area (Å²) >= 11 is 0. The number of fused-ring (bicyclic) bond motifs is 2. The highest BCUT2D eigenvalue weighted by Crippen LogP contribution is 2.41. The van der Waals surface area contributed by atoms with Gasteiger partial charge in [0, 0.05) is 59.0 Å². The Morgan fingerprint density at radius 3 is 2.43 bits per heavy atom. The Morgan fingerprint density at radius 2 is 1.71 bits per heavy atom. The van der Waals surface area contributed by atoms with E-state index in [2.05, 4.69) is 45.0 Å². The van der Waals surface area contributed by atoms with Crippen molar-refractivity contribution in [3.63, 3.8) is 0 Å². The molecule has 6 rings (SSSR count). The zero-order chi connectivity index (χ0) is 29.8. The Kier molecular flexibility index (Phi) is 6.66. The average Bonchev–Trinajstić information content (AvgIpc) is 3.50. The van der Waals surface area contributed by atoms with Crippen molar-refractivity contribution in [1.29, 1.82) is 0 Å². The first-order chi connectivity index (χ1) is 20.0. The molecule has 212 valence electrons. The van der Waals surface area contributed by atoms with Gasteiger partial charge in [0.25, 0.3) is 0 Å². The molecule has 0 aliphatic rings. The molecule has 4 aromatic heterocycles. The second kappa shape index (κ2) is 10.2. The third kappa shape index (κ3) is 4.84. The topological polar surface area (TPSA) is 95.1 Å². The number of aryl methyl sites for hydroxylation is 3. The molecule has 6 aromatic rings. The molecule has 8 nitrogen and oxygen atoms in total. The minimum atomic E-state index is -1.18. The van der Waals surface area contributed by atoms with Gasteiger partial charge in [0.15, 0.2) is 6.10 Å². The number of hydrogen-bond donors (Lipinski definition) is 1. The molecule has 1 N–H and O–H groups in total. The van der Waals surface area contributed by atoms with Crippen LogP contribution < -0.4 is 0 Å². The molecule has 0 amide bonds. The van der Waals surface area contributed by atoms with Gasteiger partial charge in [0.2, 0.25) is 0 Å². The summed E-state index contributed by atoms with van der Waals surface area (Å²) in [5.74, 6) is -1.05. The first-order valence-corrected chi connectivity index (χ1v) is 13.9. The summed E-state index contributed by atoms with van der Waals surface area (Å²) in [4.78, 5) is 22.2. The Balaban J connectivity index is 1.56. The third-order valence-electron chi connectivity index (χ3n) is 7.52. The normalized spacial score (nSPS) is 12.7. The monoisotopic (exact) mass is 559 g/mol. The molecule has 1 atom stereocenters. The molecule has 4 heterocycles. The van der Waals surface area contributed by atoms with Gasteiger partial charge >= 0.3 is 5.97 Å². The van der Waals surface area contributed by atoms with E-state index >= 15 is 0 Å². The van der Waals surface area contributed by atoms with Crippen LogP contribution in [0.2, 0.25) is 0 Å². The predicted octanol–water partition coefficient (Wildman–Crippen LogP) is 7.11. The quantitative estimate of drug-likeness (QED) is 0.234. The lowest BCUT2D eigenvalue weighted by Crippen LogP contribution is -2.28. The number of pyridine rings is 2. The maximum atomic E-state index is 12.6. The second-order valence-corrected chi connectivity index (χ2v) is 11.6. The molecule has 0 spiro atoms. The van der Waals surface area contributed by atoms with E-state index in [1.165, 1.54) is 0 Å². The van der Waals surface area contributed by atoms with Crippen LogP contribution in [0.25, 0.3) is 55.6 Å². The van der Waals surface area contributed by atoms with Gasteiger partial charge in [-0.1, -0.05) is 36.4 Å². The minimum absolute atomic E-state index is 0.563. The number of benzene rings is 2. The number of carboxylic acid groups (broad SMARTS) is 1. The number of carbonyl (C=O) groups is 1. The molecular weight excluding hydrogens is 526 g/mol. The van der Waals surface area contributed by atoms with Crippen LogP contribution in [-0.4, -0.2) is 41.0 Å². The van der Waals surface area contributed by atoms with Crippen molar-refractivity contribution in [2.45, 2.75) is 39.4 Å². The van der Waals surface area contributed by atoms with E-state index in [0.717, 1.165) is 55.6 Å². The van der Waals surface area contributed by atoms with Crippen LogP contribution in [0.3, 0.4) is 0 Å². The van der Waals surface area contributed by atoms with Crippen LogP contribution >= 0.6 is 0 Å². The van der Waals surface area contributed by atoms with Crippen LogP contribution in [0.5, 0.6) is 0 Å². The van der Waals surface area contributed by atoms with E-state index in [0.29, 0.717) is 11.3 Å². The van der Waals surface area contributed by atoms with Crippen molar-refractivity contribution < 1.29 is 14.6 Å². The molecule has 0 saturated carbocycles. The minimum Gasteiger partial charge on any atom is -0.479 e. The van der Waals surface area contributed by atoms with E-state index in [9.17, 15) is 9.90 Å². The molecule has 8 heteroatoms. The second-order valence-electron chi connectivity index (χ2n) is 11.6.